The molecule has 1 heterocycles. The molecule has 102 valence electrons. The lowest BCUT2D eigenvalue weighted by Crippen LogP contribution is -2.04. The zero-order valence-corrected chi connectivity index (χ0v) is 10.7. The molecular formula is C15H12F2N2O. The van der Waals surface area contributed by atoms with E-state index in [-0.39, 0.29) is 0 Å². The van der Waals surface area contributed by atoms with E-state index in [1.54, 1.807) is 6.20 Å². The highest BCUT2D eigenvalue weighted by Gasteiger charge is 2.16. The summed E-state index contributed by atoms with van der Waals surface area (Å²) >= 11 is 0. The number of aromatic nitrogens is 2. The van der Waals surface area contributed by atoms with Crippen LogP contribution in [0.3, 0.4) is 0 Å². The summed E-state index contributed by atoms with van der Waals surface area (Å²) in [5.41, 5.74) is 2.15. The molecule has 0 saturated heterocycles. The van der Waals surface area contributed by atoms with Crippen LogP contribution in [-0.4, -0.2) is 17.3 Å². The molecule has 1 aromatic heterocycles. The summed E-state index contributed by atoms with van der Waals surface area (Å²) in [5, 5.41) is 7.71. The second kappa shape index (κ2) is 5.02. The van der Waals surface area contributed by atoms with Crippen LogP contribution in [0.1, 0.15) is 17.2 Å². The zero-order valence-electron chi connectivity index (χ0n) is 10.7. The van der Waals surface area contributed by atoms with Crippen LogP contribution in [0.5, 0.6) is 0 Å². The Labute approximate surface area is 114 Å². The molecule has 0 bridgehead atoms. The molecule has 0 amide bonds. The van der Waals surface area contributed by atoms with Crippen molar-refractivity contribution in [2.75, 3.05) is 7.11 Å². The van der Waals surface area contributed by atoms with E-state index < -0.39 is 17.7 Å². The fourth-order valence-corrected chi connectivity index (χ4v) is 2.32. The van der Waals surface area contributed by atoms with E-state index in [1.807, 2.05) is 18.2 Å². The minimum absolute atomic E-state index is 0.438. The van der Waals surface area contributed by atoms with Gasteiger partial charge in [0.05, 0.1) is 11.7 Å². The average Bonchev–Trinajstić information content (AvgIpc) is 2.86. The first-order valence-corrected chi connectivity index (χ1v) is 6.09. The maximum atomic E-state index is 13.3. The van der Waals surface area contributed by atoms with E-state index in [4.69, 9.17) is 4.74 Å². The molecule has 3 rings (SSSR count). The minimum Gasteiger partial charge on any atom is -0.372 e. The van der Waals surface area contributed by atoms with E-state index in [9.17, 15) is 8.78 Å². The number of methoxy groups -OCH3 is 1. The van der Waals surface area contributed by atoms with Gasteiger partial charge in [-0.25, -0.2) is 8.78 Å². The van der Waals surface area contributed by atoms with E-state index in [2.05, 4.69) is 10.2 Å². The van der Waals surface area contributed by atoms with Gasteiger partial charge in [0.1, 0.15) is 17.7 Å². The molecular weight excluding hydrogens is 262 g/mol. The summed E-state index contributed by atoms with van der Waals surface area (Å²) in [6, 6.07) is 8.98. The standard InChI is InChI=1S/C15H12F2N2O/c1-20-15(10-5-12(16)7-13(17)6-10)9-2-3-14-11(4-9)8-18-19-14/h2-8,15H,1H3,(H,18,19). The lowest BCUT2D eigenvalue weighted by atomic mass is 10.00. The van der Waals surface area contributed by atoms with Gasteiger partial charge in [-0.15, -0.1) is 0 Å². The molecule has 20 heavy (non-hydrogen) atoms. The van der Waals surface area contributed by atoms with Crippen molar-refractivity contribution in [3.63, 3.8) is 0 Å². The van der Waals surface area contributed by atoms with Gasteiger partial charge in [0.15, 0.2) is 0 Å². The van der Waals surface area contributed by atoms with E-state index >= 15 is 0 Å². The summed E-state index contributed by atoms with van der Waals surface area (Å²) in [5.74, 6) is -1.24. The van der Waals surface area contributed by atoms with E-state index in [0.717, 1.165) is 22.5 Å². The molecule has 3 aromatic rings. The largest absolute Gasteiger partial charge is 0.372 e. The summed E-state index contributed by atoms with van der Waals surface area (Å²) in [6.45, 7) is 0. The fourth-order valence-electron chi connectivity index (χ4n) is 2.32. The molecule has 0 aliphatic rings. The number of aromatic amines is 1. The number of rotatable bonds is 3. The van der Waals surface area contributed by atoms with Crippen molar-refractivity contribution >= 4 is 10.9 Å². The van der Waals surface area contributed by atoms with Gasteiger partial charge in [-0.3, -0.25) is 5.10 Å². The first-order valence-electron chi connectivity index (χ1n) is 6.09. The monoisotopic (exact) mass is 274 g/mol. The molecule has 0 aliphatic carbocycles. The van der Waals surface area contributed by atoms with Crippen molar-refractivity contribution in [3.8, 4) is 0 Å². The van der Waals surface area contributed by atoms with Crippen LogP contribution in [-0.2, 0) is 4.74 Å². The third-order valence-electron chi connectivity index (χ3n) is 3.19. The van der Waals surface area contributed by atoms with Crippen molar-refractivity contribution in [3.05, 3.63) is 65.4 Å². The Morgan fingerprint density at radius 2 is 1.80 bits per heavy atom. The number of ether oxygens (including phenoxy) is 1. The van der Waals surface area contributed by atoms with Crippen LogP contribution in [0.15, 0.2) is 42.6 Å². The highest BCUT2D eigenvalue weighted by atomic mass is 19.1. The number of H-pyrrole nitrogens is 1. The number of fused-ring (bicyclic) bond motifs is 1. The highest BCUT2D eigenvalue weighted by Crippen LogP contribution is 2.28. The summed E-state index contributed by atoms with van der Waals surface area (Å²) in [7, 11) is 1.51. The van der Waals surface area contributed by atoms with Crippen molar-refractivity contribution < 1.29 is 13.5 Å². The number of hydrogen-bond donors (Lipinski definition) is 1. The molecule has 1 N–H and O–H groups in total. The lowest BCUT2D eigenvalue weighted by Gasteiger charge is -2.16. The van der Waals surface area contributed by atoms with Crippen molar-refractivity contribution in [2.45, 2.75) is 6.10 Å². The summed E-state index contributed by atoms with van der Waals surface area (Å²) in [4.78, 5) is 0. The molecule has 5 heteroatoms. The van der Waals surface area contributed by atoms with Gasteiger partial charge in [-0.05, 0) is 35.4 Å². The van der Waals surface area contributed by atoms with Crippen molar-refractivity contribution in [2.24, 2.45) is 0 Å². The minimum atomic E-state index is -0.619. The van der Waals surface area contributed by atoms with Crippen LogP contribution in [0.2, 0.25) is 0 Å². The Morgan fingerprint density at radius 1 is 1.05 bits per heavy atom. The first-order chi connectivity index (χ1) is 9.67. The quantitative estimate of drug-likeness (QED) is 0.792. The average molecular weight is 274 g/mol. The smallest absolute Gasteiger partial charge is 0.126 e. The zero-order chi connectivity index (χ0) is 14.1. The number of nitrogens with zero attached hydrogens (tertiary/aromatic N) is 1. The molecule has 2 aromatic carbocycles. The van der Waals surface area contributed by atoms with Gasteiger partial charge in [-0.2, -0.15) is 5.10 Å². The van der Waals surface area contributed by atoms with Gasteiger partial charge in [0.25, 0.3) is 0 Å². The van der Waals surface area contributed by atoms with Gasteiger partial charge in [0, 0.05) is 18.6 Å². The Balaban J connectivity index is 2.07. The van der Waals surface area contributed by atoms with Crippen molar-refractivity contribution in [1.82, 2.24) is 10.2 Å². The molecule has 0 fully saturated rings. The Morgan fingerprint density at radius 3 is 2.50 bits per heavy atom. The topological polar surface area (TPSA) is 37.9 Å². The summed E-state index contributed by atoms with van der Waals surface area (Å²) < 4.78 is 32.1. The molecule has 0 saturated carbocycles. The fraction of sp³-hybridized carbons (Fsp3) is 0.133. The second-order valence-electron chi connectivity index (χ2n) is 4.54. The number of benzene rings is 2. The van der Waals surface area contributed by atoms with E-state index in [1.165, 1.54) is 19.2 Å². The van der Waals surface area contributed by atoms with Crippen molar-refractivity contribution in [1.29, 1.82) is 0 Å². The number of halogens is 2. The molecule has 0 radical (unpaired) electrons. The van der Waals surface area contributed by atoms with Crippen LogP contribution < -0.4 is 0 Å². The predicted molar refractivity (Wildman–Crippen MR) is 71.3 cm³/mol. The second-order valence-corrected chi connectivity index (χ2v) is 4.54. The van der Waals surface area contributed by atoms with Crippen LogP contribution in [0.25, 0.3) is 10.9 Å². The lowest BCUT2D eigenvalue weighted by molar-refractivity contribution is 0.136. The van der Waals surface area contributed by atoms with Gasteiger partial charge in [-0.1, -0.05) is 6.07 Å². The maximum absolute atomic E-state index is 13.3. The van der Waals surface area contributed by atoms with Crippen LogP contribution >= 0.6 is 0 Å². The highest BCUT2D eigenvalue weighted by molar-refractivity contribution is 5.78. The third kappa shape index (κ3) is 2.28. The van der Waals surface area contributed by atoms with E-state index in [0.29, 0.717) is 5.56 Å². The Hall–Kier alpha value is -2.27. The van der Waals surface area contributed by atoms with Gasteiger partial charge in [0.2, 0.25) is 0 Å². The van der Waals surface area contributed by atoms with Gasteiger partial charge < -0.3 is 4.74 Å². The Bertz CT molecular complexity index is 734. The SMILES string of the molecule is COC(c1cc(F)cc(F)c1)c1ccc2[nH]ncc2c1. The molecule has 1 unspecified atom stereocenters. The maximum Gasteiger partial charge on any atom is 0.126 e. The molecule has 1 atom stereocenters. The normalized spacial score (nSPS) is 12.8. The van der Waals surface area contributed by atoms with Crippen LogP contribution in [0, 0.1) is 11.6 Å². The third-order valence-corrected chi connectivity index (χ3v) is 3.19. The summed E-state index contributed by atoms with van der Waals surface area (Å²) in [6.07, 6.45) is 1.16. The predicted octanol–water partition coefficient (Wildman–Crippen LogP) is 3.58. The Kier molecular flexibility index (Phi) is 3.20. The molecule has 3 nitrogen and oxygen atoms in total. The number of nitrogens with one attached hydrogen (secondary N) is 1. The van der Waals surface area contributed by atoms with Gasteiger partial charge >= 0.3 is 0 Å². The first kappa shape index (κ1) is 12.7. The van der Waals surface area contributed by atoms with Crippen LogP contribution in [0.4, 0.5) is 8.78 Å². The molecule has 0 spiro atoms. The molecule has 0 aliphatic heterocycles. The number of hydrogen-bond acceptors (Lipinski definition) is 2.